The topological polar surface area (TPSA) is 55.8 Å². The summed E-state index contributed by atoms with van der Waals surface area (Å²) in [4.78, 5) is 17.0. The molecule has 2 N–H and O–H groups in total. The predicted molar refractivity (Wildman–Crippen MR) is 102 cm³/mol. The molecule has 0 radical (unpaired) electrons. The Bertz CT molecular complexity index is 544. The van der Waals surface area contributed by atoms with Gasteiger partial charge in [0, 0.05) is 18.8 Å². The van der Waals surface area contributed by atoms with E-state index in [4.69, 9.17) is 0 Å². The summed E-state index contributed by atoms with van der Waals surface area (Å²) in [5.74, 6) is 0.757. The maximum Gasteiger partial charge on any atom is 0.241 e. The van der Waals surface area contributed by atoms with Crippen molar-refractivity contribution in [1.29, 1.82) is 0 Å². The van der Waals surface area contributed by atoms with Gasteiger partial charge in [-0.15, -0.1) is 0 Å². The van der Waals surface area contributed by atoms with Gasteiger partial charge in [-0.3, -0.25) is 14.6 Å². The third-order valence-electron chi connectivity index (χ3n) is 5.02. The van der Waals surface area contributed by atoms with E-state index < -0.39 is 0 Å². The van der Waals surface area contributed by atoms with Crippen molar-refractivity contribution in [2.45, 2.75) is 39.3 Å². The SMILES string of the molecule is CC(C)C(C(=O)Nc1cccc(CN2CCC(CO)CC2)c1)N(C)C. The van der Waals surface area contributed by atoms with E-state index in [1.54, 1.807) is 0 Å². The Kier molecular flexibility index (Phi) is 7.41. The lowest BCUT2D eigenvalue weighted by atomic mass is 9.97. The molecule has 1 unspecified atom stereocenters. The quantitative estimate of drug-likeness (QED) is 0.795. The predicted octanol–water partition coefficient (Wildman–Crippen LogP) is 2.42. The first kappa shape index (κ1) is 19.9. The number of carbonyl (C=O) groups is 1. The normalized spacial score (nSPS) is 17.9. The second-order valence-electron chi connectivity index (χ2n) is 7.74. The van der Waals surface area contributed by atoms with E-state index in [2.05, 4.69) is 36.2 Å². The van der Waals surface area contributed by atoms with Crippen LogP contribution in [0.25, 0.3) is 0 Å². The van der Waals surface area contributed by atoms with Crippen LogP contribution in [-0.2, 0) is 11.3 Å². The minimum absolute atomic E-state index is 0.0425. The summed E-state index contributed by atoms with van der Waals surface area (Å²) in [7, 11) is 3.88. The van der Waals surface area contributed by atoms with Gasteiger partial charge in [0.2, 0.25) is 5.91 Å². The highest BCUT2D eigenvalue weighted by atomic mass is 16.3. The molecule has 1 heterocycles. The summed E-state index contributed by atoms with van der Waals surface area (Å²) in [5, 5.41) is 12.3. The van der Waals surface area contributed by atoms with Gasteiger partial charge in [0.15, 0.2) is 0 Å². The number of hydrogen-bond acceptors (Lipinski definition) is 4. The number of piperidine rings is 1. The maximum atomic E-state index is 12.6. The van der Waals surface area contributed by atoms with Gasteiger partial charge >= 0.3 is 0 Å². The molecule has 1 saturated heterocycles. The molecule has 0 spiro atoms. The van der Waals surface area contributed by atoms with Crippen LogP contribution in [0.4, 0.5) is 5.69 Å². The smallest absolute Gasteiger partial charge is 0.241 e. The number of anilines is 1. The van der Waals surface area contributed by atoms with Gasteiger partial charge < -0.3 is 10.4 Å². The first-order chi connectivity index (χ1) is 11.9. The van der Waals surface area contributed by atoms with Crippen molar-refractivity contribution in [2.75, 3.05) is 39.1 Å². The molecule has 0 bridgehead atoms. The molecule has 0 saturated carbocycles. The van der Waals surface area contributed by atoms with Crippen LogP contribution in [0.1, 0.15) is 32.3 Å². The monoisotopic (exact) mass is 347 g/mol. The lowest BCUT2D eigenvalue weighted by Gasteiger charge is -2.31. The molecular weight excluding hydrogens is 314 g/mol. The summed E-state index contributed by atoms with van der Waals surface area (Å²) >= 11 is 0. The minimum Gasteiger partial charge on any atom is -0.396 e. The molecule has 1 amide bonds. The average molecular weight is 348 g/mol. The molecular formula is C20H33N3O2. The van der Waals surface area contributed by atoms with Crippen molar-refractivity contribution < 1.29 is 9.90 Å². The number of benzene rings is 1. The molecule has 1 atom stereocenters. The third-order valence-corrected chi connectivity index (χ3v) is 5.02. The first-order valence-corrected chi connectivity index (χ1v) is 9.30. The number of nitrogens with one attached hydrogen (secondary N) is 1. The second kappa shape index (κ2) is 9.32. The Labute approximate surface area is 152 Å². The molecule has 5 heteroatoms. The number of aliphatic hydroxyl groups excluding tert-OH is 1. The molecule has 1 aromatic rings. The molecule has 2 rings (SSSR count). The van der Waals surface area contributed by atoms with E-state index in [1.807, 2.05) is 31.1 Å². The molecule has 1 aliphatic heterocycles. The number of hydrogen-bond donors (Lipinski definition) is 2. The van der Waals surface area contributed by atoms with E-state index in [-0.39, 0.29) is 17.9 Å². The molecule has 0 aromatic heterocycles. The van der Waals surface area contributed by atoms with Crippen LogP contribution in [-0.4, -0.2) is 60.6 Å². The zero-order chi connectivity index (χ0) is 18.4. The van der Waals surface area contributed by atoms with Crippen molar-refractivity contribution in [3.05, 3.63) is 29.8 Å². The Morgan fingerprint density at radius 2 is 2.00 bits per heavy atom. The number of carbonyl (C=O) groups excluding carboxylic acids is 1. The highest BCUT2D eigenvalue weighted by molar-refractivity contribution is 5.95. The molecule has 25 heavy (non-hydrogen) atoms. The summed E-state index contributed by atoms with van der Waals surface area (Å²) in [5.41, 5.74) is 2.08. The molecule has 1 aliphatic rings. The summed E-state index contributed by atoms with van der Waals surface area (Å²) < 4.78 is 0. The number of likely N-dealkylation sites (tertiary alicyclic amines) is 1. The Hall–Kier alpha value is -1.43. The molecule has 0 aliphatic carbocycles. The van der Waals surface area contributed by atoms with Gasteiger partial charge in [-0.1, -0.05) is 26.0 Å². The zero-order valence-corrected chi connectivity index (χ0v) is 16.0. The lowest BCUT2D eigenvalue weighted by molar-refractivity contribution is -0.121. The van der Waals surface area contributed by atoms with Gasteiger partial charge in [-0.05, 0) is 69.6 Å². The van der Waals surface area contributed by atoms with E-state index >= 15 is 0 Å². The van der Waals surface area contributed by atoms with E-state index in [9.17, 15) is 9.90 Å². The fourth-order valence-electron chi connectivity index (χ4n) is 3.68. The van der Waals surface area contributed by atoms with Crippen molar-refractivity contribution in [3.8, 4) is 0 Å². The largest absolute Gasteiger partial charge is 0.396 e. The summed E-state index contributed by atoms with van der Waals surface area (Å²) in [6.45, 7) is 7.38. The van der Waals surface area contributed by atoms with Crippen LogP contribution < -0.4 is 5.32 Å². The van der Waals surface area contributed by atoms with Gasteiger partial charge in [-0.2, -0.15) is 0 Å². The molecule has 1 fully saturated rings. The van der Waals surface area contributed by atoms with Gasteiger partial charge in [0.05, 0.1) is 6.04 Å². The van der Waals surface area contributed by atoms with E-state index in [0.29, 0.717) is 12.5 Å². The highest BCUT2D eigenvalue weighted by Crippen LogP contribution is 2.20. The fraction of sp³-hybridized carbons (Fsp3) is 0.650. The first-order valence-electron chi connectivity index (χ1n) is 9.30. The molecule has 5 nitrogen and oxygen atoms in total. The van der Waals surface area contributed by atoms with Crippen LogP contribution in [0.3, 0.4) is 0 Å². The minimum atomic E-state index is -0.138. The van der Waals surface area contributed by atoms with Crippen LogP contribution in [0.5, 0.6) is 0 Å². The third kappa shape index (κ3) is 5.80. The number of likely N-dealkylation sites (N-methyl/N-ethyl adjacent to an activating group) is 1. The number of aliphatic hydroxyl groups is 1. The van der Waals surface area contributed by atoms with Gasteiger partial charge in [0.1, 0.15) is 0 Å². The Morgan fingerprint density at radius 3 is 2.56 bits per heavy atom. The Morgan fingerprint density at radius 1 is 1.32 bits per heavy atom. The van der Waals surface area contributed by atoms with Crippen LogP contribution >= 0.6 is 0 Å². The van der Waals surface area contributed by atoms with Crippen LogP contribution in [0.2, 0.25) is 0 Å². The van der Waals surface area contributed by atoms with Crippen molar-refractivity contribution in [3.63, 3.8) is 0 Å². The maximum absolute atomic E-state index is 12.6. The van der Waals surface area contributed by atoms with Crippen molar-refractivity contribution >= 4 is 11.6 Å². The van der Waals surface area contributed by atoms with Crippen molar-refractivity contribution in [2.24, 2.45) is 11.8 Å². The molecule has 140 valence electrons. The Balaban J connectivity index is 1.96. The fourth-order valence-corrected chi connectivity index (χ4v) is 3.68. The highest BCUT2D eigenvalue weighted by Gasteiger charge is 2.24. The van der Waals surface area contributed by atoms with E-state index in [0.717, 1.165) is 38.2 Å². The second-order valence-corrected chi connectivity index (χ2v) is 7.74. The van der Waals surface area contributed by atoms with Gasteiger partial charge in [0.25, 0.3) is 0 Å². The number of rotatable bonds is 7. The zero-order valence-electron chi connectivity index (χ0n) is 16.0. The van der Waals surface area contributed by atoms with E-state index in [1.165, 1.54) is 5.56 Å². The van der Waals surface area contributed by atoms with Crippen LogP contribution in [0, 0.1) is 11.8 Å². The number of nitrogens with zero attached hydrogens (tertiary/aromatic N) is 2. The van der Waals surface area contributed by atoms with Crippen molar-refractivity contribution in [1.82, 2.24) is 9.80 Å². The summed E-state index contributed by atoms with van der Waals surface area (Å²) in [6.07, 6.45) is 2.12. The van der Waals surface area contributed by atoms with Gasteiger partial charge in [-0.25, -0.2) is 0 Å². The van der Waals surface area contributed by atoms with Crippen LogP contribution in [0.15, 0.2) is 24.3 Å². The lowest BCUT2D eigenvalue weighted by Crippen LogP contribution is -2.43. The summed E-state index contributed by atoms with van der Waals surface area (Å²) in [6, 6.07) is 8.00. The standard InChI is InChI=1S/C20H33N3O2/c1-15(2)19(22(3)4)20(25)21-18-7-5-6-17(12-18)13-23-10-8-16(14-24)9-11-23/h5-7,12,15-16,19,24H,8-11,13-14H2,1-4H3,(H,21,25). The number of amides is 1. The molecule has 1 aromatic carbocycles. The average Bonchev–Trinajstić information content (AvgIpc) is 2.55.